The van der Waals surface area contributed by atoms with E-state index >= 15 is 0 Å². The van der Waals surface area contributed by atoms with Gasteiger partial charge in [-0.05, 0) is 49.2 Å². The van der Waals surface area contributed by atoms with Crippen LogP contribution in [-0.2, 0) is 0 Å². The van der Waals surface area contributed by atoms with Gasteiger partial charge in [0, 0.05) is 9.79 Å². The molecule has 18 heavy (non-hydrogen) atoms. The van der Waals surface area contributed by atoms with Crippen molar-refractivity contribution < 1.29 is 9.50 Å². The smallest absolute Gasteiger partial charge is 0.126 e. The number of halogens is 1. The first kappa shape index (κ1) is 13.1. The van der Waals surface area contributed by atoms with Crippen LogP contribution in [0.25, 0.3) is 0 Å². The number of aliphatic hydroxyl groups is 1. The van der Waals surface area contributed by atoms with Gasteiger partial charge in [0.1, 0.15) is 5.82 Å². The Kier molecular flexibility index (Phi) is 4.04. The minimum absolute atomic E-state index is 0.275. The van der Waals surface area contributed by atoms with Gasteiger partial charge < -0.3 is 5.11 Å². The van der Waals surface area contributed by atoms with E-state index in [-0.39, 0.29) is 5.82 Å². The summed E-state index contributed by atoms with van der Waals surface area (Å²) < 4.78 is 13.5. The SMILES string of the molecule is Cc1cc(Sc2ccccc2)c([C@@H](C)O)cc1F. The van der Waals surface area contributed by atoms with E-state index in [1.54, 1.807) is 19.9 Å². The molecule has 2 aromatic carbocycles. The van der Waals surface area contributed by atoms with Gasteiger partial charge in [0.15, 0.2) is 0 Å². The molecule has 0 fully saturated rings. The summed E-state index contributed by atoms with van der Waals surface area (Å²) in [5, 5.41) is 9.72. The molecule has 0 amide bonds. The lowest BCUT2D eigenvalue weighted by Gasteiger charge is -2.13. The zero-order chi connectivity index (χ0) is 13.1. The van der Waals surface area contributed by atoms with Crippen molar-refractivity contribution in [1.82, 2.24) is 0 Å². The van der Waals surface area contributed by atoms with Crippen molar-refractivity contribution in [2.75, 3.05) is 0 Å². The number of hydrogen-bond acceptors (Lipinski definition) is 2. The number of aryl methyl sites for hydroxylation is 1. The van der Waals surface area contributed by atoms with Crippen LogP contribution in [0, 0.1) is 12.7 Å². The van der Waals surface area contributed by atoms with E-state index in [1.807, 2.05) is 30.3 Å². The van der Waals surface area contributed by atoms with Crippen molar-refractivity contribution in [1.29, 1.82) is 0 Å². The van der Waals surface area contributed by atoms with E-state index in [4.69, 9.17) is 0 Å². The molecule has 2 aromatic rings. The molecule has 94 valence electrons. The lowest BCUT2D eigenvalue weighted by molar-refractivity contribution is 0.196. The first-order valence-electron chi connectivity index (χ1n) is 5.79. The third kappa shape index (κ3) is 2.92. The van der Waals surface area contributed by atoms with Crippen LogP contribution in [0.15, 0.2) is 52.3 Å². The van der Waals surface area contributed by atoms with Crippen LogP contribution in [0.5, 0.6) is 0 Å². The summed E-state index contributed by atoms with van der Waals surface area (Å²) in [7, 11) is 0. The summed E-state index contributed by atoms with van der Waals surface area (Å²) in [5.74, 6) is -0.275. The topological polar surface area (TPSA) is 20.2 Å². The zero-order valence-corrected chi connectivity index (χ0v) is 11.2. The third-order valence-electron chi connectivity index (χ3n) is 2.71. The van der Waals surface area contributed by atoms with Crippen LogP contribution in [0.4, 0.5) is 4.39 Å². The Hall–Kier alpha value is -1.32. The molecule has 0 heterocycles. The Morgan fingerprint density at radius 3 is 2.44 bits per heavy atom. The predicted octanol–water partition coefficient (Wildman–Crippen LogP) is 4.34. The first-order valence-corrected chi connectivity index (χ1v) is 6.60. The summed E-state index contributed by atoms with van der Waals surface area (Å²) in [4.78, 5) is 1.97. The van der Waals surface area contributed by atoms with Crippen molar-refractivity contribution in [3.05, 3.63) is 59.4 Å². The highest BCUT2D eigenvalue weighted by atomic mass is 32.2. The lowest BCUT2D eigenvalue weighted by atomic mass is 10.1. The summed E-state index contributed by atoms with van der Waals surface area (Å²) in [5.41, 5.74) is 1.23. The maximum Gasteiger partial charge on any atom is 0.126 e. The summed E-state index contributed by atoms with van der Waals surface area (Å²) in [6.07, 6.45) is -0.675. The van der Waals surface area contributed by atoms with E-state index in [1.165, 1.54) is 17.8 Å². The highest BCUT2D eigenvalue weighted by molar-refractivity contribution is 7.99. The van der Waals surface area contributed by atoms with Crippen molar-refractivity contribution in [3.8, 4) is 0 Å². The minimum Gasteiger partial charge on any atom is -0.389 e. The maximum atomic E-state index is 13.5. The maximum absolute atomic E-state index is 13.5. The second-order valence-corrected chi connectivity index (χ2v) is 5.35. The molecule has 0 aliphatic carbocycles. The van der Waals surface area contributed by atoms with Crippen LogP contribution in [-0.4, -0.2) is 5.11 Å². The average Bonchev–Trinajstić information content (AvgIpc) is 2.34. The van der Waals surface area contributed by atoms with Crippen molar-refractivity contribution in [3.63, 3.8) is 0 Å². The fourth-order valence-electron chi connectivity index (χ4n) is 1.70. The fourth-order valence-corrected chi connectivity index (χ4v) is 2.83. The lowest BCUT2D eigenvalue weighted by Crippen LogP contribution is -1.97. The molecule has 0 aliphatic heterocycles. The second kappa shape index (κ2) is 5.55. The van der Waals surface area contributed by atoms with Crippen LogP contribution in [0.3, 0.4) is 0 Å². The van der Waals surface area contributed by atoms with Gasteiger partial charge in [-0.25, -0.2) is 4.39 Å². The van der Waals surface area contributed by atoms with Gasteiger partial charge in [0.2, 0.25) is 0 Å². The van der Waals surface area contributed by atoms with Crippen molar-refractivity contribution in [2.45, 2.75) is 29.7 Å². The van der Waals surface area contributed by atoms with E-state index < -0.39 is 6.10 Å². The molecule has 0 aliphatic rings. The molecule has 0 radical (unpaired) electrons. The standard InChI is InChI=1S/C15H15FOS/c1-10-8-15(13(11(2)17)9-14(10)16)18-12-6-4-3-5-7-12/h3-9,11,17H,1-2H3/t11-/m1/s1. The normalized spacial score (nSPS) is 12.4. The fraction of sp³-hybridized carbons (Fsp3) is 0.200. The number of aliphatic hydroxyl groups excluding tert-OH is 1. The molecular weight excluding hydrogens is 247 g/mol. The Morgan fingerprint density at radius 2 is 1.83 bits per heavy atom. The number of rotatable bonds is 3. The second-order valence-electron chi connectivity index (χ2n) is 4.23. The Bertz CT molecular complexity index is 538. The van der Waals surface area contributed by atoms with Gasteiger partial charge in [-0.1, -0.05) is 30.0 Å². The molecule has 0 unspecified atom stereocenters. The average molecular weight is 262 g/mol. The molecule has 0 spiro atoms. The molecule has 3 heteroatoms. The Labute approximate surface area is 111 Å². The van der Waals surface area contributed by atoms with Gasteiger partial charge in [0.25, 0.3) is 0 Å². The van der Waals surface area contributed by atoms with Crippen LogP contribution in [0.2, 0.25) is 0 Å². The highest BCUT2D eigenvalue weighted by Crippen LogP contribution is 2.34. The molecule has 1 atom stereocenters. The Morgan fingerprint density at radius 1 is 1.17 bits per heavy atom. The molecule has 2 rings (SSSR count). The monoisotopic (exact) mass is 262 g/mol. The van der Waals surface area contributed by atoms with Crippen LogP contribution in [0.1, 0.15) is 24.2 Å². The Balaban J connectivity index is 2.40. The quantitative estimate of drug-likeness (QED) is 0.888. The van der Waals surface area contributed by atoms with E-state index in [9.17, 15) is 9.50 Å². The number of benzene rings is 2. The number of hydrogen-bond donors (Lipinski definition) is 1. The zero-order valence-electron chi connectivity index (χ0n) is 10.4. The molecule has 1 nitrogen and oxygen atoms in total. The summed E-state index contributed by atoms with van der Waals surface area (Å²) >= 11 is 1.54. The van der Waals surface area contributed by atoms with Gasteiger partial charge in [-0.15, -0.1) is 0 Å². The van der Waals surface area contributed by atoms with Gasteiger partial charge in [-0.3, -0.25) is 0 Å². The molecule has 0 saturated heterocycles. The summed E-state index contributed by atoms with van der Waals surface area (Å²) in [6, 6.07) is 13.1. The molecule has 0 bridgehead atoms. The molecule has 1 N–H and O–H groups in total. The largest absolute Gasteiger partial charge is 0.389 e. The highest BCUT2D eigenvalue weighted by Gasteiger charge is 2.12. The summed E-state index contributed by atoms with van der Waals surface area (Å²) in [6.45, 7) is 3.38. The molecule has 0 aromatic heterocycles. The van der Waals surface area contributed by atoms with Gasteiger partial charge in [-0.2, -0.15) is 0 Å². The molecular formula is C15H15FOS. The van der Waals surface area contributed by atoms with Gasteiger partial charge >= 0.3 is 0 Å². The van der Waals surface area contributed by atoms with Gasteiger partial charge in [0.05, 0.1) is 6.10 Å². The molecule has 0 saturated carbocycles. The van der Waals surface area contributed by atoms with E-state index in [2.05, 4.69) is 0 Å². The van der Waals surface area contributed by atoms with Crippen molar-refractivity contribution >= 4 is 11.8 Å². The van der Waals surface area contributed by atoms with E-state index in [0.717, 1.165) is 9.79 Å². The van der Waals surface area contributed by atoms with Crippen LogP contribution >= 0.6 is 11.8 Å². The third-order valence-corrected chi connectivity index (χ3v) is 3.79. The van der Waals surface area contributed by atoms with Crippen molar-refractivity contribution in [2.24, 2.45) is 0 Å². The van der Waals surface area contributed by atoms with Crippen LogP contribution < -0.4 is 0 Å². The van der Waals surface area contributed by atoms with E-state index in [0.29, 0.717) is 11.1 Å². The minimum atomic E-state index is -0.675. The first-order chi connectivity index (χ1) is 8.58. The predicted molar refractivity (Wildman–Crippen MR) is 72.3 cm³/mol.